The van der Waals surface area contributed by atoms with E-state index < -0.39 is 11.8 Å². The van der Waals surface area contributed by atoms with Gasteiger partial charge in [-0.05, 0) is 72.8 Å². The topological polar surface area (TPSA) is 777 Å². The van der Waals surface area contributed by atoms with Gasteiger partial charge in [-0.2, -0.15) is 49.8 Å². The lowest BCUT2D eigenvalue weighted by molar-refractivity contribution is -0.121. The van der Waals surface area contributed by atoms with E-state index >= 15 is 0 Å². The van der Waals surface area contributed by atoms with Gasteiger partial charge < -0.3 is 87.0 Å². The molecule has 3 aromatic carbocycles. The number of nitrogens with zero attached hydrogens (tertiary/aromatic N) is 20. The first-order chi connectivity index (χ1) is 71.3. The van der Waals surface area contributed by atoms with Gasteiger partial charge >= 0.3 is 0 Å². The Morgan fingerprint density at radius 3 is 1.42 bits per heavy atom. The van der Waals surface area contributed by atoms with Gasteiger partial charge in [-0.3, -0.25) is 89.7 Å². The van der Waals surface area contributed by atoms with Gasteiger partial charge in [-0.1, -0.05) is 155 Å². The highest BCUT2D eigenvalue weighted by Crippen LogP contribution is 2.30. The number of Topliss-reactive ketones (excluding diaryl/α,β-unsaturated/α-hetero) is 1. The Morgan fingerprint density at radius 2 is 0.932 bits per heavy atom. The molecule has 15 aromatic heterocycles. The molecule has 0 radical (unpaired) electrons. The fraction of sp³-hybridized carbons (Fsp3) is 0.330. The number of amides is 5. The highest BCUT2D eigenvalue weighted by Gasteiger charge is 2.27. The van der Waals surface area contributed by atoms with Crippen molar-refractivity contribution in [2.45, 2.75) is 165 Å². The zero-order valence-corrected chi connectivity index (χ0v) is 83.4. The van der Waals surface area contributed by atoms with Crippen molar-refractivity contribution >= 4 is 184 Å². The van der Waals surface area contributed by atoms with E-state index in [2.05, 4.69) is 263 Å². The van der Waals surface area contributed by atoms with E-state index in [-0.39, 0.29) is 140 Å². The van der Waals surface area contributed by atoms with Gasteiger partial charge in [0.1, 0.15) is 28.0 Å². The number of unbranched alkanes of at least 4 members (excludes halogenated alkanes) is 1. The normalized spacial score (nSPS) is 11.9. The van der Waals surface area contributed by atoms with Gasteiger partial charge in [0.2, 0.25) is 71.2 Å². The minimum absolute atomic E-state index is 0.0206. The van der Waals surface area contributed by atoms with Gasteiger partial charge in [0.25, 0.3) is 28.1 Å². The van der Waals surface area contributed by atoms with Crippen LogP contribution in [0.1, 0.15) is 179 Å². The van der Waals surface area contributed by atoms with Crippen LogP contribution in [0.2, 0.25) is 0 Å². The van der Waals surface area contributed by atoms with E-state index in [1.807, 2.05) is 86.5 Å². The third-order valence-electron chi connectivity index (χ3n) is 21.3. The van der Waals surface area contributed by atoms with Crippen LogP contribution in [0.3, 0.4) is 0 Å². The molecule has 2 atom stereocenters. The highest BCUT2D eigenvalue weighted by molar-refractivity contribution is 6.05. The molecular formula is C94H117N43O11. The second-order valence-electron chi connectivity index (χ2n) is 34.3. The number of guanidine groups is 1. The second kappa shape index (κ2) is 52.3. The van der Waals surface area contributed by atoms with E-state index in [4.69, 9.17) is 16.2 Å². The lowest BCUT2D eigenvalue weighted by atomic mass is 9.87. The Bertz CT molecular complexity index is 7780. The monoisotopic (exact) mass is 2020 g/mol. The maximum atomic E-state index is 12.3. The van der Waals surface area contributed by atoms with E-state index in [9.17, 15) is 47.9 Å². The van der Waals surface area contributed by atoms with Crippen LogP contribution >= 0.6 is 0 Å². The van der Waals surface area contributed by atoms with Crippen LogP contribution in [0.5, 0.6) is 0 Å². The quantitative estimate of drug-likeness (QED) is 0.0207. The predicted octanol–water partition coefficient (Wildman–Crippen LogP) is 10.1. The van der Waals surface area contributed by atoms with E-state index in [0.717, 1.165) is 103 Å². The molecule has 2 unspecified atom stereocenters. The summed E-state index contributed by atoms with van der Waals surface area (Å²) in [7, 11) is 3.76. The minimum atomic E-state index is -0.536. The first kappa shape index (κ1) is 108. The average Bonchev–Trinajstić information content (AvgIpc) is 1.66. The lowest BCUT2D eigenvalue weighted by Crippen LogP contribution is -2.38. The standard InChI is InChI=1S/C16H17N5O2.C16H19N5O2.C13H14N6.C13H19N5O2.C10H16N6.C10H11N5O3.C8H12N6.C8H9N5O2/c1-16(2,3)10-6-4-9(5-7-10)13(22)20-15-19-12-11(14(23)21-15)17-8-18-12;1-2-6-12(22)19-16-20-14-13(17-10-18-14)15(21-16)23-9-11-7-4-3-5-8-11;1-19(7-9-5-3-2-4-6-9)12-10-11(16-8-15-10)17-13(14)18-12;1-3-5-6-8(4-2)11(19)17-13-16-10-9(12(20)18-13)14-7-15-10;1-6(2)4-12-8-7-9(14-5-13-7)16-10(11-3)15-8;1-5(16)2-3-6(17)13-10-14-8-7(9(18)15-10)11-4-12-8;1-2-3-10-6-5-7(12-4-11-5)14-8(9)13-6;1-2-4(14)11-8-12-6-5(7(15)13-8)9-3-10-6/h4-8H,1-3H3,(H3,17,18,19,20,21,22,23);3-5,7-8,10,15H,2,6,9H2,1H3,(H,17,18)(H2,19,20,21,22);2-6,8H,7H2,1H3,(H3,14,15,16,17,18);7-8H,3-6H2,1-2H3,(H3,14,15,16,17,18,19,20);5-6H,4H2,1-3H3,(H3,11,12,13,14,15,16);4H,2-3H2,1H3,(H3,11,12,13,14,15,17,18);4H,2-3H2,1H3,(H4,9,10,11,12,13,14);3H,2H2,1H3,(H3,9,10,11,12,13,14,15). The summed E-state index contributed by atoms with van der Waals surface area (Å²) in [6.07, 6.45) is 17.8. The summed E-state index contributed by atoms with van der Waals surface area (Å²) in [5, 5.41) is 25.2. The summed E-state index contributed by atoms with van der Waals surface area (Å²) in [6.45, 7) is 24.7. The molecular weight excluding hydrogens is 1910 g/mol. The molecule has 0 saturated carbocycles. The second-order valence-corrected chi connectivity index (χ2v) is 34.3. The number of H-pyrrole nitrogens is 12. The average molecular weight is 2030 g/mol. The molecule has 16 heterocycles. The number of ether oxygens (including phenoxy) is 1. The van der Waals surface area contributed by atoms with Gasteiger partial charge in [0.05, 0.1) is 57.2 Å². The Labute approximate surface area is 841 Å². The Morgan fingerprint density at radius 1 is 0.473 bits per heavy atom. The van der Waals surface area contributed by atoms with Crippen molar-refractivity contribution < 1.29 is 33.5 Å². The summed E-state index contributed by atoms with van der Waals surface area (Å²) in [5.74, 6) is 3.92. The first-order valence-corrected chi connectivity index (χ1v) is 47.2. The first-order valence-electron chi connectivity index (χ1n) is 47.2. The number of aromatic nitrogens is 30. The van der Waals surface area contributed by atoms with E-state index in [1.54, 1.807) is 51.4 Å². The molecule has 54 heteroatoms. The number of hydrogen-bond acceptors (Lipinski definition) is 37. The third kappa shape index (κ3) is 30.6. The van der Waals surface area contributed by atoms with Crippen molar-refractivity contribution in [1.29, 1.82) is 0 Å². The Balaban J connectivity index is 0.000000151. The number of ketones is 1. The number of aliphatic imine (C=N–C) groups is 1. The molecule has 0 fully saturated rings. The zero-order chi connectivity index (χ0) is 106. The van der Waals surface area contributed by atoms with Crippen molar-refractivity contribution in [2.24, 2.45) is 16.8 Å². The number of nitrogen functional groups attached to an aromatic ring is 2. The summed E-state index contributed by atoms with van der Waals surface area (Å²) >= 11 is 0. The van der Waals surface area contributed by atoms with Gasteiger partial charge in [0, 0.05) is 70.9 Å². The number of imidazole rings is 8. The molecule has 774 valence electrons. The molecule has 148 heavy (non-hydrogen) atoms. The van der Waals surface area contributed by atoms with Crippen molar-refractivity contribution in [3.05, 3.63) is 205 Å². The van der Waals surface area contributed by atoms with Crippen LogP contribution in [0.4, 0.5) is 64.9 Å². The van der Waals surface area contributed by atoms with Crippen LogP contribution in [-0.2, 0) is 47.3 Å². The van der Waals surface area contributed by atoms with E-state index in [1.165, 1.54) is 37.8 Å². The summed E-state index contributed by atoms with van der Waals surface area (Å²) in [5.41, 5.74) is 20.9. The molecule has 0 spiro atoms. The van der Waals surface area contributed by atoms with Crippen LogP contribution < -0.4 is 86.5 Å². The molecule has 19 rings (SSSR count). The molecule has 0 saturated heterocycles. The fourth-order valence-electron chi connectivity index (χ4n) is 13.7. The van der Waals surface area contributed by atoms with E-state index in [0.29, 0.717) is 88.1 Å². The van der Waals surface area contributed by atoms with Gasteiger partial charge in [0.15, 0.2) is 91.1 Å². The maximum Gasteiger partial charge on any atom is 0.278 e. The summed E-state index contributed by atoms with van der Waals surface area (Å²) < 4.78 is 5.88. The van der Waals surface area contributed by atoms with Crippen LogP contribution in [0.25, 0.3) is 78.1 Å². The third-order valence-corrected chi connectivity index (χ3v) is 21.3. The number of aromatic amines is 12. The minimum Gasteiger partial charge on any atom is -0.368 e. The number of anilines is 11. The number of rotatable bonds is 29. The lowest BCUT2D eigenvalue weighted by Gasteiger charge is -2.21. The van der Waals surface area contributed by atoms with Crippen LogP contribution in [0, 0.1) is 11.8 Å². The maximum absolute atomic E-state index is 12.3. The highest BCUT2D eigenvalue weighted by atomic mass is 16.5. The molecule has 1 aliphatic rings. The van der Waals surface area contributed by atoms with Gasteiger partial charge in [-0.15, -0.1) is 0 Å². The molecule has 54 nitrogen and oxygen atoms in total. The Kier molecular flexibility index (Phi) is 38.1. The molecule has 25 N–H and O–H groups in total. The summed E-state index contributed by atoms with van der Waals surface area (Å²) in [6, 6.07) is 27.4. The SMILES string of the molecule is CC(=O)CCC(=O)Nc1nc2nc[nH]c2c(=O)[nH]1.CC(C)(C)c1ccc(C(=O)Nc2nc3nc[nH]c3c(=O)[nH]2)cc1.CCC(=O)Nc1nc2nc[nH]c2c(=O)[nH]1.CCCC(=O)NC1=NC(OCc2ccccc2)c2[nH]cnc2N1.CCCCC(CC)C(=O)Nc1nc2nc[nH]c2c(=O)[nH]1.CCCNc1nc(N)nc2nc[nH]c12.CN(Cc1ccccc1)c1nc(N)nc2nc[nH]c12.CNc1nc(NCC(C)C)c2[nH]cnc2n1. The number of carbonyl (C=O) groups excluding carboxylic acids is 6. The molecule has 0 aliphatic carbocycles. The van der Waals surface area contributed by atoms with Crippen LogP contribution in [0.15, 0.2) is 160 Å². The smallest absolute Gasteiger partial charge is 0.278 e. The van der Waals surface area contributed by atoms with Crippen molar-refractivity contribution in [2.75, 3.05) is 86.1 Å². The predicted molar refractivity (Wildman–Crippen MR) is 561 cm³/mol. The van der Waals surface area contributed by atoms with Crippen LogP contribution in [-0.4, -0.2) is 218 Å². The van der Waals surface area contributed by atoms with Crippen molar-refractivity contribution in [3.63, 3.8) is 0 Å². The number of nitrogens with two attached hydrogens (primary N) is 2. The van der Waals surface area contributed by atoms with Crippen molar-refractivity contribution in [3.8, 4) is 0 Å². The molecule has 18 aromatic rings. The Hall–Kier alpha value is -18.8. The summed E-state index contributed by atoms with van der Waals surface area (Å²) in [4.78, 5) is 228. The molecule has 5 amide bonds. The number of hydrogen-bond donors (Lipinski definition) is 23. The number of nitrogens with one attached hydrogen (secondary N) is 21. The van der Waals surface area contributed by atoms with Crippen molar-refractivity contribution in [1.82, 2.24) is 155 Å². The largest absolute Gasteiger partial charge is 0.368 e. The molecule has 1 aliphatic heterocycles. The number of benzene rings is 3. The molecule has 0 bridgehead atoms. The zero-order valence-electron chi connectivity index (χ0n) is 83.4. The number of carbonyl (C=O) groups is 6. The fourth-order valence-corrected chi connectivity index (χ4v) is 13.7. The van der Waals surface area contributed by atoms with Gasteiger partial charge in [-0.25, -0.2) is 44.9 Å². The number of fused-ring (bicyclic) bond motifs is 8.